The molecule has 0 aliphatic rings. The number of aliphatic hydroxyl groups is 1. The molecule has 0 unspecified atom stereocenters. The third kappa shape index (κ3) is 29.8. The van der Waals surface area contributed by atoms with Gasteiger partial charge in [-0.15, -0.1) is 0 Å². The lowest BCUT2D eigenvalue weighted by Gasteiger charge is -2.29. The molecule has 0 bridgehead atoms. The van der Waals surface area contributed by atoms with Crippen LogP contribution in [0.4, 0.5) is 0 Å². The van der Waals surface area contributed by atoms with Crippen molar-refractivity contribution in [1.29, 1.82) is 10.8 Å². The molecular formula is C55H93N17O15. The number of nitrogens with one attached hydrogen (secondary N) is 13. The topological polar surface area (TPSA) is 550 Å². The van der Waals surface area contributed by atoms with Crippen molar-refractivity contribution in [2.75, 3.05) is 26.2 Å². The second-order valence-electron chi connectivity index (χ2n) is 21.3. The van der Waals surface area contributed by atoms with Crippen LogP contribution in [0.3, 0.4) is 0 Å². The number of carbonyl (C=O) groups is 12. The molecule has 0 radical (unpaired) electrons. The van der Waals surface area contributed by atoms with Crippen molar-refractivity contribution in [3.05, 3.63) is 35.9 Å². The average Bonchev–Trinajstić information content (AvgIpc) is 3.67. The standard InChI is InChI=1S/C55H93N17O15/c1-7-29(3)42(44(57)78)71-50(84)37(26-33-16-10-9-11-17-33)69-53(87)43(30(4)8-2)72-51(85)38(27-41(76)77)68-46(80)32(6)64-52(86)39(28-73)70-49(83)36(20-15-25-63-55(60)61)67-48(82)35(19-14-24-62-54(58)59)66-47(81)34(18-12-13-23-56)65-45(79)31(5)21-22-40(74)75/h9-11,16-17,29-32,34-39,42-43,73H,7-8,12-15,18-28,56H2,1-6H3,(H2,57,78)(H,64,86)(H,65,79)(H,66,81)(H,67,82)(H,68,80)(H,69,87)(H,70,83)(H,71,84)(H,72,85)(H,74,75)(H,76,77)(H4,58,59,62)(H4,60,61,63)/t29-,30-,31-,32-,34-,35-,36-,37-,38-,39-,42-,43-/m0/s1. The molecule has 0 fully saturated rings. The molecule has 0 aromatic heterocycles. The number of hydrogen-bond donors (Lipinski definition) is 20. The van der Waals surface area contributed by atoms with Gasteiger partial charge in [0.1, 0.15) is 54.4 Å². The van der Waals surface area contributed by atoms with E-state index in [4.69, 9.17) is 38.9 Å². The maximum Gasteiger partial charge on any atom is 0.305 e. The highest BCUT2D eigenvalue weighted by Crippen LogP contribution is 2.15. The number of amides is 10. The molecule has 24 N–H and O–H groups in total. The van der Waals surface area contributed by atoms with E-state index in [0.29, 0.717) is 24.8 Å². The fourth-order valence-corrected chi connectivity index (χ4v) is 8.47. The summed E-state index contributed by atoms with van der Waals surface area (Å²) in [7, 11) is 0. The molecule has 1 rings (SSSR count). The average molecular weight is 1230 g/mol. The Bertz CT molecular complexity index is 2490. The van der Waals surface area contributed by atoms with E-state index < -0.39 is 156 Å². The van der Waals surface area contributed by atoms with E-state index in [-0.39, 0.29) is 89.3 Å². The van der Waals surface area contributed by atoms with Crippen LogP contribution in [0.15, 0.2) is 30.3 Å². The van der Waals surface area contributed by atoms with E-state index in [1.165, 1.54) is 6.92 Å². The summed E-state index contributed by atoms with van der Waals surface area (Å²) in [5, 5.41) is 71.8. The number of benzene rings is 1. The molecule has 0 heterocycles. The molecule has 32 heteroatoms. The lowest BCUT2D eigenvalue weighted by Crippen LogP contribution is -2.61. The molecule has 32 nitrogen and oxygen atoms in total. The third-order valence-corrected chi connectivity index (χ3v) is 14.2. The molecule has 10 amide bonds. The van der Waals surface area contributed by atoms with E-state index in [0.717, 1.165) is 6.92 Å². The summed E-state index contributed by atoms with van der Waals surface area (Å²) in [6.07, 6.45) is 0.0445. The molecule has 0 saturated carbocycles. The molecule has 0 saturated heterocycles. The second-order valence-corrected chi connectivity index (χ2v) is 21.3. The lowest BCUT2D eigenvalue weighted by molar-refractivity contribution is -0.142. The van der Waals surface area contributed by atoms with Crippen molar-refractivity contribution >= 4 is 82.9 Å². The first-order chi connectivity index (χ1) is 41.0. The van der Waals surface area contributed by atoms with E-state index in [9.17, 15) is 67.7 Å². The Hall–Kier alpha value is -8.68. The van der Waals surface area contributed by atoms with Crippen molar-refractivity contribution in [3.8, 4) is 0 Å². The first-order valence-corrected chi connectivity index (χ1v) is 29.0. The van der Waals surface area contributed by atoms with Crippen molar-refractivity contribution in [1.82, 2.24) is 58.5 Å². The van der Waals surface area contributed by atoms with E-state index in [2.05, 4.69) is 58.5 Å². The number of carboxylic acid groups (broad SMARTS) is 2. The first-order valence-electron chi connectivity index (χ1n) is 29.0. The summed E-state index contributed by atoms with van der Waals surface area (Å²) in [6, 6.07) is -4.74. The predicted octanol–water partition coefficient (Wildman–Crippen LogP) is -4.19. The van der Waals surface area contributed by atoms with Crippen LogP contribution in [0.2, 0.25) is 0 Å². The number of rotatable bonds is 43. The Morgan fingerprint density at radius 2 is 0.908 bits per heavy atom. The van der Waals surface area contributed by atoms with Crippen LogP contribution in [0.25, 0.3) is 0 Å². The van der Waals surface area contributed by atoms with Crippen LogP contribution in [0, 0.1) is 28.6 Å². The molecule has 0 spiro atoms. The van der Waals surface area contributed by atoms with Gasteiger partial charge in [-0.05, 0) is 82.2 Å². The molecule has 1 aromatic rings. The predicted molar refractivity (Wildman–Crippen MR) is 318 cm³/mol. The molecule has 0 aliphatic heterocycles. The largest absolute Gasteiger partial charge is 0.481 e. The van der Waals surface area contributed by atoms with Crippen molar-refractivity contribution < 1.29 is 72.9 Å². The minimum Gasteiger partial charge on any atom is -0.481 e. The zero-order chi connectivity index (χ0) is 65.9. The van der Waals surface area contributed by atoms with Gasteiger partial charge in [-0.25, -0.2) is 0 Å². The number of carbonyl (C=O) groups excluding carboxylic acids is 10. The van der Waals surface area contributed by atoms with E-state index in [1.807, 2.05) is 0 Å². The number of hydrogen-bond acceptors (Lipinski definition) is 16. The van der Waals surface area contributed by atoms with Gasteiger partial charge >= 0.3 is 11.9 Å². The Kier molecular flexibility index (Phi) is 35.6. The summed E-state index contributed by atoms with van der Waals surface area (Å²) in [5.74, 6) is -14.6. The van der Waals surface area contributed by atoms with Crippen LogP contribution < -0.4 is 81.4 Å². The van der Waals surface area contributed by atoms with Crippen LogP contribution in [0.5, 0.6) is 0 Å². The normalized spacial score (nSPS) is 15.1. The van der Waals surface area contributed by atoms with Gasteiger partial charge in [0.05, 0.1) is 13.0 Å². The molecule has 0 aliphatic carbocycles. The number of aliphatic carboxylic acids is 2. The highest BCUT2D eigenvalue weighted by molar-refractivity contribution is 5.99. The Morgan fingerprint density at radius 3 is 1.37 bits per heavy atom. The quantitative estimate of drug-likeness (QED) is 0.0168. The highest BCUT2D eigenvalue weighted by atomic mass is 16.4. The van der Waals surface area contributed by atoms with Gasteiger partial charge in [0.25, 0.3) is 0 Å². The maximum absolute atomic E-state index is 14.2. The monoisotopic (exact) mass is 1230 g/mol. The van der Waals surface area contributed by atoms with Crippen LogP contribution in [-0.4, -0.2) is 179 Å². The molecule has 488 valence electrons. The van der Waals surface area contributed by atoms with E-state index >= 15 is 0 Å². The molecule has 12 atom stereocenters. The van der Waals surface area contributed by atoms with Gasteiger partial charge in [0, 0.05) is 31.8 Å². The van der Waals surface area contributed by atoms with Crippen LogP contribution in [0.1, 0.15) is 124 Å². The SMILES string of the molecule is CC[C@H](C)[C@H](NC(=O)[C@H](Cc1ccccc1)NC(=O)[C@@H](NC(=O)[C@H](CC(=O)O)NC(=O)[C@H](C)NC(=O)[C@H](CO)NC(=O)[C@H](CCCNC(=N)N)NC(=O)[C@H](CCCNC(=N)N)NC(=O)[C@H](CCCCN)NC(=O)[C@@H](C)CCC(=O)O)[C@@H](C)CC)C(N)=O. The number of nitrogens with two attached hydrogens (primary N) is 4. The fraction of sp³-hybridized carbons (Fsp3) is 0.636. The van der Waals surface area contributed by atoms with E-state index in [1.54, 1.807) is 58.0 Å². The maximum atomic E-state index is 14.2. The zero-order valence-corrected chi connectivity index (χ0v) is 50.4. The Balaban J connectivity index is 3.46. The van der Waals surface area contributed by atoms with Crippen LogP contribution in [-0.2, 0) is 64.0 Å². The van der Waals surface area contributed by atoms with Gasteiger partial charge in [-0.1, -0.05) is 77.8 Å². The molecular weight excluding hydrogens is 1140 g/mol. The smallest absolute Gasteiger partial charge is 0.305 e. The van der Waals surface area contributed by atoms with Gasteiger partial charge in [0.15, 0.2) is 11.9 Å². The number of guanidine groups is 2. The van der Waals surface area contributed by atoms with Crippen molar-refractivity contribution in [2.24, 2.45) is 40.7 Å². The summed E-state index contributed by atoms with van der Waals surface area (Å²) in [4.78, 5) is 160. The molecule has 87 heavy (non-hydrogen) atoms. The van der Waals surface area contributed by atoms with Crippen molar-refractivity contribution in [2.45, 2.75) is 179 Å². The zero-order valence-electron chi connectivity index (χ0n) is 50.4. The second kappa shape index (κ2) is 40.6. The minimum atomic E-state index is -1.88. The summed E-state index contributed by atoms with van der Waals surface area (Å²) in [6.45, 7) is 8.67. The van der Waals surface area contributed by atoms with Crippen molar-refractivity contribution in [3.63, 3.8) is 0 Å². The van der Waals surface area contributed by atoms with Gasteiger partial charge < -0.3 is 96.7 Å². The van der Waals surface area contributed by atoms with Gasteiger partial charge in [-0.3, -0.25) is 68.4 Å². The van der Waals surface area contributed by atoms with Crippen LogP contribution >= 0.6 is 0 Å². The number of unbranched alkanes of at least 4 members (excludes halogenated alkanes) is 1. The summed E-state index contributed by atoms with van der Waals surface area (Å²) < 4.78 is 0. The lowest BCUT2D eigenvalue weighted by atomic mass is 9.95. The van der Waals surface area contributed by atoms with Gasteiger partial charge in [-0.2, -0.15) is 0 Å². The molecule has 1 aromatic carbocycles. The third-order valence-electron chi connectivity index (χ3n) is 14.2. The Morgan fingerprint density at radius 1 is 0.483 bits per heavy atom. The van der Waals surface area contributed by atoms with Gasteiger partial charge in [0.2, 0.25) is 59.1 Å². The minimum absolute atomic E-state index is 0.0104. The number of aliphatic hydroxyl groups excluding tert-OH is 1. The number of primary amides is 1. The fourth-order valence-electron chi connectivity index (χ4n) is 8.47. The Labute approximate surface area is 505 Å². The summed E-state index contributed by atoms with van der Waals surface area (Å²) >= 11 is 0. The first kappa shape index (κ1) is 76.3. The highest BCUT2D eigenvalue weighted by Gasteiger charge is 2.37. The summed E-state index contributed by atoms with van der Waals surface area (Å²) in [5.41, 5.74) is 22.8. The number of carboxylic acids is 2.